The average molecular weight is 539 g/mol. The maximum atomic E-state index is 11.8. The molecule has 0 aromatic rings. The summed E-state index contributed by atoms with van der Waals surface area (Å²) in [7, 11) is 0. The molecule has 0 spiro atoms. The predicted octanol–water partition coefficient (Wildman–Crippen LogP) is 2.05. The quantitative estimate of drug-likeness (QED) is 0.280. The van der Waals surface area contributed by atoms with Gasteiger partial charge in [0.15, 0.2) is 5.96 Å². The van der Waals surface area contributed by atoms with E-state index in [2.05, 4.69) is 41.2 Å². The largest absolute Gasteiger partial charge is 0.450 e. The van der Waals surface area contributed by atoms with Crippen molar-refractivity contribution in [2.45, 2.75) is 46.6 Å². The lowest BCUT2D eigenvalue weighted by molar-refractivity contribution is 0.0963. The number of carbonyl (C=O) groups excluding carboxylic acids is 1. The van der Waals surface area contributed by atoms with E-state index >= 15 is 0 Å². The van der Waals surface area contributed by atoms with Crippen molar-refractivity contribution >= 4 is 36.0 Å². The Kier molecular flexibility index (Phi) is 13.7. The number of nitrogens with one attached hydrogen (secondary N) is 2. The lowest BCUT2D eigenvalue weighted by Crippen LogP contribution is -2.50. The number of likely N-dealkylation sites (tertiary alicyclic amines) is 1. The summed E-state index contributed by atoms with van der Waals surface area (Å²) in [5, 5.41) is 6.93. The van der Waals surface area contributed by atoms with Crippen LogP contribution in [0.2, 0.25) is 0 Å². The molecule has 176 valence electrons. The van der Waals surface area contributed by atoms with E-state index in [1.165, 1.54) is 26.2 Å². The predicted molar refractivity (Wildman–Crippen MR) is 134 cm³/mol. The first kappa shape index (κ1) is 27.2. The van der Waals surface area contributed by atoms with Gasteiger partial charge in [-0.1, -0.05) is 13.8 Å². The van der Waals surface area contributed by atoms with Crippen molar-refractivity contribution in [2.24, 2.45) is 10.9 Å². The number of amides is 1. The third kappa shape index (κ3) is 9.55. The Morgan fingerprint density at radius 1 is 1.07 bits per heavy atom. The monoisotopic (exact) mass is 538 g/mol. The number of halogens is 1. The first-order valence-electron chi connectivity index (χ1n) is 11.5. The topological polar surface area (TPSA) is 72.4 Å². The maximum Gasteiger partial charge on any atom is 0.409 e. The van der Waals surface area contributed by atoms with Crippen molar-refractivity contribution in [3.8, 4) is 0 Å². The van der Waals surface area contributed by atoms with Crippen molar-refractivity contribution in [2.75, 3.05) is 72.1 Å². The molecule has 30 heavy (non-hydrogen) atoms. The Hall–Kier alpha value is -0.810. The van der Waals surface area contributed by atoms with Crippen molar-refractivity contribution in [3.63, 3.8) is 0 Å². The van der Waals surface area contributed by atoms with Crippen LogP contribution in [0.4, 0.5) is 4.79 Å². The summed E-state index contributed by atoms with van der Waals surface area (Å²) in [5.41, 5.74) is 0. The van der Waals surface area contributed by atoms with Gasteiger partial charge in [-0.05, 0) is 39.2 Å². The summed E-state index contributed by atoms with van der Waals surface area (Å²) < 4.78 is 5.10. The van der Waals surface area contributed by atoms with Crippen LogP contribution in [0.3, 0.4) is 0 Å². The van der Waals surface area contributed by atoms with Gasteiger partial charge in [0.05, 0.1) is 6.61 Å². The van der Waals surface area contributed by atoms with Gasteiger partial charge in [0.25, 0.3) is 0 Å². The molecule has 2 rings (SSSR count). The minimum atomic E-state index is -0.194. The molecule has 0 aromatic heterocycles. The number of carbonyl (C=O) groups is 1. The van der Waals surface area contributed by atoms with Gasteiger partial charge in [-0.3, -0.25) is 4.99 Å². The number of rotatable bonds is 8. The van der Waals surface area contributed by atoms with Gasteiger partial charge in [-0.25, -0.2) is 4.79 Å². The lowest BCUT2D eigenvalue weighted by Gasteiger charge is -2.35. The molecule has 0 radical (unpaired) electrons. The van der Waals surface area contributed by atoms with E-state index in [1.54, 1.807) is 4.90 Å². The zero-order valence-electron chi connectivity index (χ0n) is 19.4. The highest BCUT2D eigenvalue weighted by molar-refractivity contribution is 14.0. The first-order valence-corrected chi connectivity index (χ1v) is 11.5. The zero-order chi connectivity index (χ0) is 21.1. The van der Waals surface area contributed by atoms with E-state index in [9.17, 15) is 4.79 Å². The highest BCUT2D eigenvalue weighted by Gasteiger charge is 2.24. The average Bonchev–Trinajstić information content (AvgIpc) is 2.73. The summed E-state index contributed by atoms with van der Waals surface area (Å²) in [6, 6.07) is 0.343. The summed E-state index contributed by atoms with van der Waals surface area (Å²) >= 11 is 0. The van der Waals surface area contributed by atoms with Crippen LogP contribution < -0.4 is 10.6 Å². The maximum absolute atomic E-state index is 11.8. The molecule has 0 saturated carbocycles. The Morgan fingerprint density at radius 3 is 2.27 bits per heavy atom. The summed E-state index contributed by atoms with van der Waals surface area (Å²) in [5.74, 6) is 1.43. The Bertz CT molecular complexity index is 506. The first-order chi connectivity index (χ1) is 14.0. The Labute approximate surface area is 200 Å². The third-order valence-corrected chi connectivity index (χ3v) is 5.75. The number of guanidine groups is 1. The number of piperazine rings is 1. The normalized spacial score (nSPS) is 20.4. The molecule has 2 aliphatic heterocycles. The number of nitrogens with zero attached hydrogens (tertiary/aromatic N) is 4. The van der Waals surface area contributed by atoms with Crippen LogP contribution in [0, 0.1) is 5.92 Å². The van der Waals surface area contributed by atoms with Crippen LogP contribution in [0.1, 0.15) is 40.5 Å². The van der Waals surface area contributed by atoms with Gasteiger partial charge in [-0.2, -0.15) is 0 Å². The summed E-state index contributed by atoms with van der Waals surface area (Å²) in [6.45, 7) is 19.0. The van der Waals surface area contributed by atoms with Crippen LogP contribution in [-0.2, 0) is 4.74 Å². The molecule has 2 fully saturated rings. The number of aliphatic imine (C=N–C) groups is 1. The minimum Gasteiger partial charge on any atom is -0.450 e. The van der Waals surface area contributed by atoms with Crippen molar-refractivity contribution in [1.29, 1.82) is 0 Å². The second-order valence-corrected chi connectivity index (χ2v) is 8.16. The van der Waals surface area contributed by atoms with E-state index in [0.29, 0.717) is 18.6 Å². The van der Waals surface area contributed by atoms with Crippen LogP contribution in [0.15, 0.2) is 4.99 Å². The third-order valence-electron chi connectivity index (χ3n) is 5.75. The van der Waals surface area contributed by atoms with Gasteiger partial charge < -0.3 is 30.1 Å². The van der Waals surface area contributed by atoms with Crippen LogP contribution in [0.5, 0.6) is 0 Å². The number of hydrogen-bond donors (Lipinski definition) is 2. The highest BCUT2D eigenvalue weighted by Crippen LogP contribution is 2.12. The molecular weight excluding hydrogens is 495 g/mol. The molecule has 2 aliphatic rings. The molecule has 0 aliphatic carbocycles. The van der Waals surface area contributed by atoms with Gasteiger partial charge in [0.1, 0.15) is 0 Å². The second-order valence-electron chi connectivity index (χ2n) is 8.16. The molecule has 0 aromatic carbocycles. The molecule has 1 atom stereocenters. The van der Waals surface area contributed by atoms with Crippen LogP contribution in [0.25, 0.3) is 0 Å². The Morgan fingerprint density at radius 2 is 1.70 bits per heavy atom. The molecule has 8 nitrogen and oxygen atoms in total. The molecule has 2 heterocycles. The summed E-state index contributed by atoms with van der Waals surface area (Å²) in [6.07, 6.45) is 1.64. The van der Waals surface area contributed by atoms with Gasteiger partial charge in [-0.15, -0.1) is 24.0 Å². The molecule has 0 bridgehead atoms. The van der Waals surface area contributed by atoms with E-state index < -0.39 is 0 Å². The molecular formula is C21H43IN6O2. The fourth-order valence-corrected chi connectivity index (χ4v) is 3.97. The number of ether oxygens (including phenoxy) is 1. The molecule has 2 N–H and O–H groups in total. The van der Waals surface area contributed by atoms with E-state index in [-0.39, 0.29) is 30.1 Å². The van der Waals surface area contributed by atoms with Crippen molar-refractivity contribution < 1.29 is 9.53 Å². The van der Waals surface area contributed by atoms with Crippen LogP contribution >= 0.6 is 24.0 Å². The van der Waals surface area contributed by atoms with E-state index in [4.69, 9.17) is 9.73 Å². The van der Waals surface area contributed by atoms with Crippen LogP contribution in [-0.4, -0.2) is 105 Å². The SMILES string of the molecule is CCNC(=NCC(C)CN1CCN(CC)CC1)NC1CCN(C(=O)OCC)CC1.I. The lowest BCUT2D eigenvalue weighted by atomic mass is 10.1. The summed E-state index contributed by atoms with van der Waals surface area (Å²) in [4.78, 5) is 23.6. The highest BCUT2D eigenvalue weighted by atomic mass is 127. The zero-order valence-corrected chi connectivity index (χ0v) is 21.7. The Balaban J connectivity index is 0.00000450. The molecule has 9 heteroatoms. The number of likely N-dealkylation sites (N-methyl/N-ethyl adjacent to an activating group) is 1. The van der Waals surface area contributed by atoms with Crippen molar-refractivity contribution in [3.05, 3.63) is 0 Å². The second kappa shape index (κ2) is 15.1. The fourth-order valence-electron chi connectivity index (χ4n) is 3.97. The van der Waals surface area contributed by atoms with Gasteiger partial charge >= 0.3 is 6.09 Å². The van der Waals surface area contributed by atoms with E-state index in [1.807, 2.05) is 6.92 Å². The standard InChI is InChI=1S/C21H42N6O2.HI/c1-5-22-20(24-19-8-10-27(11-9-19)21(28)29-7-3)23-16-18(4)17-26-14-12-25(6-2)13-15-26;/h18-19H,5-17H2,1-4H3,(H2,22,23,24);1H. The minimum absolute atomic E-state index is 0. The van der Waals surface area contributed by atoms with Gasteiger partial charge in [0.2, 0.25) is 0 Å². The number of hydrogen-bond acceptors (Lipinski definition) is 5. The fraction of sp³-hybridized carbons (Fsp3) is 0.905. The van der Waals surface area contributed by atoms with E-state index in [0.717, 1.165) is 58.1 Å². The smallest absolute Gasteiger partial charge is 0.409 e. The van der Waals surface area contributed by atoms with Gasteiger partial charge in [0, 0.05) is 64.9 Å². The molecule has 1 unspecified atom stereocenters. The molecule has 1 amide bonds. The molecule has 2 saturated heterocycles. The van der Waals surface area contributed by atoms with Crippen molar-refractivity contribution in [1.82, 2.24) is 25.3 Å². The number of piperidine rings is 1.